The SMILES string of the molecule is C/C=C(\NCc1cc(C)cc(F)c1)C1(N=O)CCN(c2ccccc2)C1=O. The number of benzene rings is 2. The number of nitroso groups, excluding NO2 is 1. The average Bonchev–Trinajstić information content (AvgIpc) is 3.00. The lowest BCUT2D eigenvalue weighted by Crippen LogP contribution is -2.44. The van der Waals surface area contributed by atoms with Crippen molar-refractivity contribution in [1.82, 2.24) is 5.32 Å². The molecule has 1 amide bonds. The van der Waals surface area contributed by atoms with Crippen molar-refractivity contribution in [3.8, 4) is 0 Å². The Bertz CT molecular complexity index is 862. The summed E-state index contributed by atoms with van der Waals surface area (Å²) >= 11 is 0. The van der Waals surface area contributed by atoms with Gasteiger partial charge in [-0.1, -0.05) is 30.3 Å². The molecule has 27 heavy (non-hydrogen) atoms. The Morgan fingerprint density at radius 3 is 2.67 bits per heavy atom. The van der Waals surface area contributed by atoms with Gasteiger partial charge < -0.3 is 10.2 Å². The van der Waals surface area contributed by atoms with Gasteiger partial charge in [0, 0.05) is 30.9 Å². The number of para-hydroxylation sites is 1. The predicted octanol–water partition coefficient (Wildman–Crippen LogP) is 4.07. The summed E-state index contributed by atoms with van der Waals surface area (Å²) in [5.41, 5.74) is 1.25. The molecule has 1 aliphatic rings. The molecule has 1 heterocycles. The van der Waals surface area contributed by atoms with Crippen molar-refractivity contribution in [2.45, 2.75) is 32.4 Å². The Morgan fingerprint density at radius 1 is 1.30 bits per heavy atom. The molecule has 0 radical (unpaired) electrons. The molecule has 1 saturated heterocycles. The van der Waals surface area contributed by atoms with Gasteiger partial charge in [0.1, 0.15) is 5.82 Å². The van der Waals surface area contributed by atoms with Gasteiger partial charge >= 0.3 is 0 Å². The Hall–Kier alpha value is -3.02. The molecule has 1 atom stereocenters. The quantitative estimate of drug-likeness (QED) is 0.783. The van der Waals surface area contributed by atoms with E-state index in [-0.39, 0.29) is 11.7 Å². The van der Waals surface area contributed by atoms with Gasteiger partial charge in [-0.05, 0) is 54.4 Å². The minimum absolute atomic E-state index is 0.291. The summed E-state index contributed by atoms with van der Waals surface area (Å²) in [5, 5.41) is 6.38. The van der Waals surface area contributed by atoms with E-state index in [1.54, 1.807) is 17.9 Å². The zero-order valence-electron chi connectivity index (χ0n) is 15.4. The first-order chi connectivity index (χ1) is 13.0. The summed E-state index contributed by atoms with van der Waals surface area (Å²) < 4.78 is 13.6. The van der Waals surface area contributed by atoms with E-state index in [0.717, 1.165) is 16.8 Å². The standard InChI is InChI=1S/C21H22FN3O2/c1-3-19(23-14-16-11-15(2)12-17(22)13-16)21(24-27)9-10-25(20(21)26)18-7-5-4-6-8-18/h3-8,11-13,23H,9-10,14H2,1-2H3/b19-3-. The van der Waals surface area contributed by atoms with Gasteiger partial charge in [0.15, 0.2) is 0 Å². The minimum atomic E-state index is -1.48. The molecule has 1 aliphatic heterocycles. The maximum absolute atomic E-state index is 13.6. The maximum atomic E-state index is 13.6. The second-order valence-corrected chi connectivity index (χ2v) is 6.69. The van der Waals surface area contributed by atoms with Crippen LogP contribution in [0.4, 0.5) is 10.1 Å². The first kappa shape index (κ1) is 18.8. The molecule has 1 N–H and O–H groups in total. The largest absolute Gasteiger partial charge is 0.382 e. The topological polar surface area (TPSA) is 61.8 Å². The lowest BCUT2D eigenvalue weighted by Gasteiger charge is -2.25. The van der Waals surface area contributed by atoms with Crippen LogP contribution in [0.2, 0.25) is 0 Å². The van der Waals surface area contributed by atoms with Gasteiger partial charge in [-0.25, -0.2) is 4.39 Å². The summed E-state index contributed by atoms with van der Waals surface area (Å²) in [6.07, 6.45) is 1.99. The van der Waals surface area contributed by atoms with Crippen LogP contribution in [0, 0.1) is 17.6 Å². The molecule has 6 heteroatoms. The third-order valence-electron chi connectivity index (χ3n) is 4.84. The van der Waals surface area contributed by atoms with Crippen molar-refractivity contribution in [2.75, 3.05) is 11.4 Å². The molecule has 0 saturated carbocycles. The number of carbonyl (C=O) groups is 1. The molecule has 0 bridgehead atoms. The monoisotopic (exact) mass is 367 g/mol. The van der Waals surface area contributed by atoms with E-state index in [4.69, 9.17) is 0 Å². The van der Waals surface area contributed by atoms with Crippen LogP contribution in [0.25, 0.3) is 0 Å². The fourth-order valence-electron chi connectivity index (χ4n) is 3.54. The number of rotatable bonds is 6. The molecule has 5 nitrogen and oxygen atoms in total. The molecule has 3 rings (SSSR count). The fourth-order valence-corrected chi connectivity index (χ4v) is 3.54. The summed E-state index contributed by atoms with van der Waals surface area (Å²) in [5.74, 6) is -0.663. The number of amides is 1. The highest BCUT2D eigenvalue weighted by atomic mass is 19.1. The average molecular weight is 367 g/mol. The van der Waals surface area contributed by atoms with Crippen molar-refractivity contribution in [1.29, 1.82) is 0 Å². The molecule has 140 valence electrons. The molecule has 0 spiro atoms. The van der Waals surface area contributed by atoms with Crippen molar-refractivity contribution >= 4 is 11.6 Å². The zero-order chi connectivity index (χ0) is 19.4. The maximum Gasteiger partial charge on any atom is 0.264 e. The summed E-state index contributed by atoms with van der Waals surface area (Å²) in [6, 6.07) is 14.0. The smallest absolute Gasteiger partial charge is 0.264 e. The molecular formula is C21H22FN3O2. The Kier molecular flexibility index (Phi) is 5.35. The van der Waals surface area contributed by atoms with Crippen LogP contribution in [0.15, 0.2) is 65.5 Å². The fraction of sp³-hybridized carbons (Fsp3) is 0.286. The summed E-state index contributed by atoms with van der Waals surface area (Å²) in [6.45, 7) is 4.28. The second kappa shape index (κ2) is 7.70. The van der Waals surface area contributed by atoms with E-state index in [1.165, 1.54) is 12.1 Å². The number of allylic oxidation sites excluding steroid dienone is 1. The van der Waals surface area contributed by atoms with E-state index < -0.39 is 5.54 Å². The Morgan fingerprint density at radius 2 is 2.04 bits per heavy atom. The lowest BCUT2D eigenvalue weighted by molar-refractivity contribution is -0.120. The Labute approximate surface area is 157 Å². The van der Waals surface area contributed by atoms with Gasteiger partial charge in [-0.3, -0.25) is 4.79 Å². The van der Waals surface area contributed by atoms with Gasteiger partial charge in [-0.2, -0.15) is 0 Å². The highest BCUT2D eigenvalue weighted by Gasteiger charge is 2.52. The van der Waals surface area contributed by atoms with E-state index >= 15 is 0 Å². The molecule has 1 fully saturated rings. The number of nitrogens with zero attached hydrogens (tertiary/aromatic N) is 2. The van der Waals surface area contributed by atoms with Gasteiger partial charge in [-0.15, -0.1) is 4.91 Å². The van der Waals surface area contributed by atoms with Crippen molar-refractivity contribution in [3.63, 3.8) is 0 Å². The van der Waals surface area contributed by atoms with Crippen molar-refractivity contribution in [2.24, 2.45) is 5.18 Å². The van der Waals surface area contributed by atoms with Crippen molar-refractivity contribution in [3.05, 3.63) is 82.2 Å². The number of anilines is 1. The third kappa shape index (κ3) is 3.60. The second-order valence-electron chi connectivity index (χ2n) is 6.69. The molecule has 1 unspecified atom stereocenters. The third-order valence-corrected chi connectivity index (χ3v) is 4.84. The molecule has 0 aliphatic carbocycles. The lowest BCUT2D eigenvalue weighted by atomic mass is 9.93. The first-order valence-corrected chi connectivity index (χ1v) is 8.88. The van der Waals surface area contributed by atoms with Crippen LogP contribution in [0.5, 0.6) is 0 Å². The predicted molar refractivity (Wildman–Crippen MR) is 104 cm³/mol. The molecule has 2 aromatic carbocycles. The van der Waals surface area contributed by atoms with Gasteiger partial charge in [0.2, 0.25) is 5.54 Å². The van der Waals surface area contributed by atoms with Crippen molar-refractivity contribution < 1.29 is 9.18 Å². The minimum Gasteiger partial charge on any atom is -0.382 e. The number of aryl methyl sites for hydroxylation is 1. The van der Waals surface area contributed by atoms with Crippen LogP contribution in [-0.4, -0.2) is 18.0 Å². The number of hydrogen-bond acceptors (Lipinski definition) is 4. The van der Waals surface area contributed by atoms with Crippen LogP contribution in [0.1, 0.15) is 24.5 Å². The van der Waals surface area contributed by atoms with E-state index in [9.17, 15) is 14.1 Å². The first-order valence-electron chi connectivity index (χ1n) is 8.88. The van der Waals surface area contributed by atoms with Crippen LogP contribution in [0.3, 0.4) is 0 Å². The van der Waals surface area contributed by atoms with Crippen LogP contribution >= 0.6 is 0 Å². The number of carbonyl (C=O) groups excluding carboxylic acids is 1. The van der Waals surface area contributed by atoms with Gasteiger partial charge in [0.05, 0.1) is 0 Å². The highest BCUT2D eigenvalue weighted by Crippen LogP contribution is 2.35. The van der Waals surface area contributed by atoms with E-state index in [0.29, 0.717) is 25.2 Å². The molecule has 0 aromatic heterocycles. The summed E-state index contributed by atoms with van der Waals surface area (Å²) in [4.78, 5) is 26.5. The molecule has 2 aromatic rings. The normalized spacial score (nSPS) is 20.0. The molecular weight excluding hydrogens is 345 g/mol. The van der Waals surface area contributed by atoms with E-state index in [1.807, 2.05) is 43.3 Å². The number of halogens is 1. The highest BCUT2D eigenvalue weighted by molar-refractivity contribution is 6.05. The summed E-state index contributed by atoms with van der Waals surface area (Å²) in [7, 11) is 0. The Balaban J connectivity index is 1.82. The van der Waals surface area contributed by atoms with Crippen LogP contribution < -0.4 is 10.2 Å². The van der Waals surface area contributed by atoms with Gasteiger partial charge in [0.25, 0.3) is 5.91 Å². The zero-order valence-corrected chi connectivity index (χ0v) is 15.4. The number of nitrogens with one attached hydrogen (secondary N) is 1. The van der Waals surface area contributed by atoms with E-state index in [2.05, 4.69) is 10.5 Å². The van der Waals surface area contributed by atoms with Crippen LogP contribution in [-0.2, 0) is 11.3 Å². The number of hydrogen-bond donors (Lipinski definition) is 1.